The van der Waals surface area contributed by atoms with Gasteiger partial charge in [-0.1, -0.05) is 0 Å². The Labute approximate surface area is 101 Å². The lowest BCUT2D eigenvalue weighted by Gasteiger charge is -2.19. The first-order chi connectivity index (χ1) is 8.13. The standard InChI is InChI=1S/C9H10F4N2O2S/c1-15(3-4-18(2,16)17)7-5(10)8(12)14-9(13)6(7)11/h3-4H2,1-2H3. The monoisotopic (exact) mass is 286 g/mol. The molecule has 0 saturated carbocycles. The molecule has 1 heterocycles. The fourth-order valence-electron chi connectivity index (χ4n) is 1.23. The highest BCUT2D eigenvalue weighted by molar-refractivity contribution is 7.90. The molecule has 0 unspecified atom stereocenters. The van der Waals surface area contributed by atoms with Crippen molar-refractivity contribution in [3.8, 4) is 0 Å². The molecule has 1 aromatic rings. The highest BCUT2D eigenvalue weighted by Gasteiger charge is 2.23. The molecule has 0 atom stereocenters. The molecule has 18 heavy (non-hydrogen) atoms. The Morgan fingerprint density at radius 2 is 1.56 bits per heavy atom. The van der Waals surface area contributed by atoms with Gasteiger partial charge in [0, 0.05) is 19.8 Å². The van der Waals surface area contributed by atoms with Gasteiger partial charge in [-0.15, -0.1) is 0 Å². The molecule has 1 rings (SSSR count). The lowest BCUT2D eigenvalue weighted by molar-refractivity contribution is 0.407. The van der Waals surface area contributed by atoms with Crippen molar-refractivity contribution in [2.75, 3.05) is 30.5 Å². The molecule has 0 bridgehead atoms. The summed E-state index contributed by atoms with van der Waals surface area (Å²) in [5.41, 5.74) is -0.983. The van der Waals surface area contributed by atoms with Crippen LogP contribution in [-0.2, 0) is 9.84 Å². The Morgan fingerprint density at radius 3 is 1.94 bits per heavy atom. The Bertz CT molecular complexity index is 536. The molecule has 0 N–H and O–H groups in total. The molecule has 0 aliphatic carbocycles. The van der Waals surface area contributed by atoms with Crippen LogP contribution in [0.3, 0.4) is 0 Å². The summed E-state index contributed by atoms with van der Waals surface area (Å²) in [5.74, 6) is -7.30. The molecule has 4 nitrogen and oxygen atoms in total. The van der Waals surface area contributed by atoms with Gasteiger partial charge in [0.05, 0.1) is 5.75 Å². The largest absolute Gasteiger partial charge is 0.369 e. The summed E-state index contributed by atoms with van der Waals surface area (Å²) in [6, 6.07) is 0. The molecule has 0 fully saturated rings. The van der Waals surface area contributed by atoms with Gasteiger partial charge in [0.15, 0.2) is 0 Å². The maximum absolute atomic E-state index is 13.3. The summed E-state index contributed by atoms with van der Waals surface area (Å²) >= 11 is 0. The molecule has 0 radical (unpaired) electrons. The normalized spacial score (nSPS) is 11.7. The molecule has 0 aliphatic rings. The van der Waals surface area contributed by atoms with Crippen LogP contribution in [0.5, 0.6) is 0 Å². The lowest BCUT2D eigenvalue weighted by atomic mass is 10.3. The van der Waals surface area contributed by atoms with Gasteiger partial charge in [0.1, 0.15) is 15.5 Å². The fraction of sp³-hybridized carbons (Fsp3) is 0.444. The van der Waals surface area contributed by atoms with Crippen molar-refractivity contribution in [1.82, 2.24) is 4.98 Å². The molecule has 0 aromatic carbocycles. The Hall–Kier alpha value is -1.38. The van der Waals surface area contributed by atoms with E-state index in [4.69, 9.17) is 0 Å². The average Bonchev–Trinajstić information content (AvgIpc) is 2.23. The highest BCUT2D eigenvalue weighted by Crippen LogP contribution is 2.24. The second-order valence-corrected chi connectivity index (χ2v) is 5.98. The maximum atomic E-state index is 13.3. The van der Waals surface area contributed by atoms with Crippen LogP contribution in [0.1, 0.15) is 0 Å². The molecule has 0 aliphatic heterocycles. The van der Waals surface area contributed by atoms with E-state index in [2.05, 4.69) is 4.98 Å². The Morgan fingerprint density at radius 1 is 1.11 bits per heavy atom. The first-order valence-corrected chi connectivity index (χ1v) is 6.78. The number of halogens is 4. The summed E-state index contributed by atoms with van der Waals surface area (Å²) in [7, 11) is -2.25. The number of hydrogen-bond donors (Lipinski definition) is 0. The predicted octanol–water partition coefficient (Wildman–Crippen LogP) is 1.12. The van der Waals surface area contributed by atoms with Gasteiger partial charge >= 0.3 is 0 Å². The van der Waals surface area contributed by atoms with E-state index in [-0.39, 0.29) is 6.54 Å². The first-order valence-electron chi connectivity index (χ1n) is 4.72. The third kappa shape index (κ3) is 3.31. The summed E-state index contributed by atoms with van der Waals surface area (Å²) in [6.07, 6.45) is 0.932. The van der Waals surface area contributed by atoms with E-state index in [0.29, 0.717) is 0 Å². The van der Waals surface area contributed by atoms with E-state index in [0.717, 1.165) is 18.2 Å². The first kappa shape index (κ1) is 14.7. The van der Waals surface area contributed by atoms with E-state index in [1.54, 1.807) is 0 Å². The van der Waals surface area contributed by atoms with Gasteiger partial charge in [0.25, 0.3) is 11.9 Å². The average molecular weight is 286 g/mol. The molecule has 1 aromatic heterocycles. The van der Waals surface area contributed by atoms with Gasteiger partial charge in [0.2, 0.25) is 11.6 Å². The number of pyridine rings is 1. The van der Waals surface area contributed by atoms with E-state index in [9.17, 15) is 26.0 Å². The van der Waals surface area contributed by atoms with Crippen LogP contribution < -0.4 is 4.90 Å². The van der Waals surface area contributed by atoms with Gasteiger partial charge in [-0.25, -0.2) is 8.42 Å². The van der Waals surface area contributed by atoms with Crippen molar-refractivity contribution < 1.29 is 26.0 Å². The van der Waals surface area contributed by atoms with Crippen LogP contribution in [0.2, 0.25) is 0 Å². The van der Waals surface area contributed by atoms with Crippen LogP contribution in [0, 0.1) is 23.5 Å². The number of nitrogens with zero attached hydrogens (tertiary/aromatic N) is 2. The van der Waals surface area contributed by atoms with E-state index < -0.39 is 44.8 Å². The zero-order valence-corrected chi connectivity index (χ0v) is 10.4. The van der Waals surface area contributed by atoms with Crippen molar-refractivity contribution >= 4 is 15.5 Å². The van der Waals surface area contributed by atoms with E-state index in [1.807, 2.05) is 0 Å². The minimum Gasteiger partial charge on any atom is -0.369 e. The molecular formula is C9H10F4N2O2S. The quantitative estimate of drug-likeness (QED) is 0.615. The van der Waals surface area contributed by atoms with Crippen molar-refractivity contribution in [1.29, 1.82) is 0 Å². The Kier molecular flexibility index (Phi) is 4.15. The molecular weight excluding hydrogens is 276 g/mol. The van der Waals surface area contributed by atoms with Crippen molar-refractivity contribution in [3.63, 3.8) is 0 Å². The second kappa shape index (κ2) is 5.09. The van der Waals surface area contributed by atoms with E-state index >= 15 is 0 Å². The van der Waals surface area contributed by atoms with Gasteiger partial charge in [-0.3, -0.25) is 0 Å². The molecule has 0 saturated heterocycles. The third-order valence-electron chi connectivity index (χ3n) is 2.15. The van der Waals surface area contributed by atoms with Crippen LogP contribution >= 0.6 is 0 Å². The number of hydrogen-bond acceptors (Lipinski definition) is 4. The summed E-state index contributed by atoms with van der Waals surface area (Å²) in [4.78, 5) is 3.17. The van der Waals surface area contributed by atoms with Crippen LogP contribution in [0.15, 0.2) is 0 Å². The maximum Gasteiger partial charge on any atom is 0.253 e. The lowest BCUT2D eigenvalue weighted by Crippen LogP contribution is -2.27. The molecule has 0 amide bonds. The minimum absolute atomic E-state index is 0.310. The zero-order chi connectivity index (χ0) is 14.1. The summed E-state index contributed by atoms with van der Waals surface area (Å²) < 4.78 is 74.0. The number of aromatic nitrogens is 1. The highest BCUT2D eigenvalue weighted by atomic mass is 32.2. The number of anilines is 1. The number of rotatable bonds is 4. The van der Waals surface area contributed by atoms with E-state index in [1.165, 1.54) is 0 Å². The third-order valence-corrected chi connectivity index (χ3v) is 3.08. The SMILES string of the molecule is CN(CCS(C)(=O)=O)c1c(F)c(F)nc(F)c1F. The smallest absolute Gasteiger partial charge is 0.253 e. The predicted molar refractivity (Wildman–Crippen MR) is 57.0 cm³/mol. The molecule has 0 spiro atoms. The van der Waals surface area contributed by atoms with Crippen molar-refractivity contribution in [2.24, 2.45) is 0 Å². The fourth-order valence-corrected chi connectivity index (χ4v) is 1.83. The summed E-state index contributed by atoms with van der Waals surface area (Å²) in [6.45, 7) is -0.310. The molecule has 102 valence electrons. The van der Waals surface area contributed by atoms with Crippen molar-refractivity contribution in [2.45, 2.75) is 0 Å². The van der Waals surface area contributed by atoms with Gasteiger partial charge in [-0.2, -0.15) is 22.5 Å². The molecule has 9 heteroatoms. The second-order valence-electron chi connectivity index (χ2n) is 3.72. The van der Waals surface area contributed by atoms with Crippen LogP contribution in [0.4, 0.5) is 23.2 Å². The minimum atomic E-state index is -3.36. The Balaban J connectivity index is 3.09. The number of sulfone groups is 1. The van der Waals surface area contributed by atoms with Crippen molar-refractivity contribution in [3.05, 3.63) is 23.5 Å². The van der Waals surface area contributed by atoms with Gasteiger partial charge in [-0.05, 0) is 0 Å². The van der Waals surface area contributed by atoms with Gasteiger partial charge < -0.3 is 4.90 Å². The zero-order valence-electron chi connectivity index (χ0n) is 9.55. The topological polar surface area (TPSA) is 50.3 Å². The van der Waals surface area contributed by atoms with Crippen LogP contribution in [-0.4, -0.2) is 39.0 Å². The summed E-state index contributed by atoms with van der Waals surface area (Å²) in [5, 5.41) is 0. The van der Waals surface area contributed by atoms with Crippen LogP contribution in [0.25, 0.3) is 0 Å².